The van der Waals surface area contributed by atoms with Gasteiger partial charge in [-0.2, -0.15) is 8.42 Å². The molecule has 6 N–H and O–H groups in total. The van der Waals surface area contributed by atoms with Gasteiger partial charge in [-0.15, -0.1) is 3.63 Å². The maximum Gasteiger partial charge on any atom is 0.317 e. The van der Waals surface area contributed by atoms with E-state index in [-0.39, 0.29) is 0 Å². The maximum absolute atomic E-state index is 9.35. The minimum atomic E-state index is -2.65. The van der Waals surface area contributed by atoms with Crippen molar-refractivity contribution in [1.29, 1.82) is 0 Å². The molecule has 0 aromatic heterocycles. The van der Waals surface area contributed by atoms with E-state index in [2.05, 4.69) is 3.63 Å². The zero-order valence-electron chi connectivity index (χ0n) is 8.05. The summed E-state index contributed by atoms with van der Waals surface area (Å²) in [6.07, 6.45) is 0. The van der Waals surface area contributed by atoms with Crippen molar-refractivity contribution < 1.29 is 41.6 Å². The lowest BCUT2D eigenvalue weighted by molar-refractivity contribution is -0.0328. The second-order valence-corrected chi connectivity index (χ2v) is 4.05. The number of aliphatic hydroxyl groups is 4. The zero-order chi connectivity index (χ0) is 13.2. The second-order valence-electron chi connectivity index (χ2n) is 2.63. The molecule has 0 fully saturated rings. The Kier molecular flexibility index (Phi) is 11.7. The molecular weight excluding hydrogens is 268 g/mol. The van der Waals surface area contributed by atoms with E-state index in [4.69, 9.17) is 29.5 Å². The van der Waals surface area contributed by atoms with Crippen LogP contribution in [0.15, 0.2) is 0 Å². The maximum atomic E-state index is 9.35. The van der Waals surface area contributed by atoms with Crippen LogP contribution in [0.2, 0.25) is 0 Å². The molecule has 0 aliphatic rings. The fourth-order valence-corrected chi connectivity index (χ4v) is 0.748. The summed E-state index contributed by atoms with van der Waals surface area (Å²) >= 11 is -5.29. The van der Waals surface area contributed by atoms with Crippen molar-refractivity contribution in [3.63, 3.8) is 0 Å². The van der Waals surface area contributed by atoms with Crippen LogP contribution in [0, 0.1) is 5.41 Å². The first-order chi connectivity index (χ1) is 7.37. The highest BCUT2D eigenvalue weighted by Gasteiger charge is 2.26. The Labute approximate surface area is 96.7 Å². The molecule has 0 heterocycles. The van der Waals surface area contributed by atoms with Crippen molar-refractivity contribution in [2.45, 2.75) is 0 Å². The van der Waals surface area contributed by atoms with Crippen LogP contribution in [0.25, 0.3) is 0 Å². The number of hydrogen-bond donors (Lipinski definition) is 6. The predicted octanol–water partition coefficient (Wildman–Crippen LogP) is -2.78. The molecule has 0 saturated carbocycles. The van der Waals surface area contributed by atoms with Gasteiger partial charge in [0, 0.05) is 0 Å². The molecule has 0 rings (SSSR count). The third kappa shape index (κ3) is 9.26. The average molecular weight is 282 g/mol. The van der Waals surface area contributed by atoms with Crippen LogP contribution in [0.1, 0.15) is 0 Å². The second kappa shape index (κ2) is 10.2. The summed E-state index contributed by atoms with van der Waals surface area (Å²) in [6, 6.07) is 0. The number of rotatable bonds is 6. The van der Waals surface area contributed by atoms with E-state index in [1.54, 1.807) is 0 Å². The van der Waals surface area contributed by atoms with E-state index in [0.717, 1.165) is 0 Å². The van der Waals surface area contributed by atoms with Gasteiger partial charge >= 0.3 is 22.7 Å². The van der Waals surface area contributed by atoms with Crippen LogP contribution in [0.3, 0.4) is 0 Å². The van der Waals surface area contributed by atoms with E-state index in [0.29, 0.717) is 0 Å². The molecule has 0 aliphatic heterocycles. The van der Waals surface area contributed by atoms with Gasteiger partial charge in [-0.05, 0) is 0 Å². The molecule has 0 saturated heterocycles. The molecule has 0 radical (unpaired) electrons. The van der Waals surface area contributed by atoms with Crippen LogP contribution in [0.4, 0.5) is 0 Å². The third-order valence-corrected chi connectivity index (χ3v) is 2.39. The van der Waals surface area contributed by atoms with Gasteiger partial charge < -0.3 is 20.4 Å². The van der Waals surface area contributed by atoms with Gasteiger partial charge in [0.2, 0.25) is 0 Å². The highest BCUT2D eigenvalue weighted by molar-refractivity contribution is 7.87. The summed E-state index contributed by atoms with van der Waals surface area (Å²) in [4.78, 5) is 0. The van der Waals surface area contributed by atoms with Gasteiger partial charge in [0.25, 0.3) is 0 Å². The monoisotopic (exact) mass is 282 g/mol. The van der Waals surface area contributed by atoms with E-state index < -0.39 is 54.6 Å². The molecule has 0 unspecified atom stereocenters. The van der Waals surface area contributed by atoms with Gasteiger partial charge in [0.05, 0.1) is 31.8 Å². The molecule has 100 valence electrons. The fraction of sp³-hybridized carbons (Fsp3) is 1.00. The minimum absolute atomic E-state index is 0.406. The smallest absolute Gasteiger partial charge is 0.317 e. The van der Waals surface area contributed by atoms with Crippen LogP contribution < -0.4 is 0 Å². The largest absolute Gasteiger partial charge is 0.396 e. The highest BCUT2D eigenvalue weighted by Crippen LogP contribution is 2.11. The molecule has 0 aromatic rings. The Morgan fingerprint density at radius 2 is 1.06 bits per heavy atom. The van der Waals surface area contributed by atoms with Crippen LogP contribution in [-0.4, -0.2) is 64.4 Å². The fourth-order valence-electron chi connectivity index (χ4n) is 0.350. The Balaban J connectivity index is 0. The summed E-state index contributed by atoms with van der Waals surface area (Å²) in [6.45, 7) is -1.62. The van der Waals surface area contributed by atoms with Crippen molar-refractivity contribution in [3.05, 3.63) is 0 Å². The van der Waals surface area contributed by atoms with Crippen molar-refractivity contribution in [2.75, 3.05) is 26.4 Å². The topological polar surface area (TPSA) is 165 Å². The first kappa shape index (κ1) is 18.4. The Morgan fingerprint density at radius 1 is 0.812 bits per heavy atom. The molecule has 0 aromatic carbocycles. The van der Waals surface area contributed by atoms with Gasteiger partial charge in [-0.25, -0.2) is 0 Å². The molecule has 0 bridgehead atoms. The number of aliphatic hydroxyl groups excluding tert-OH is 4. The molecule has 0 atom stereocenters. The molecule has 0 aliphatic carbocycles. The van der Waals surface area contributed by atoms with Crippen LogP contribution in [-0.2, 0) is 26.4 Å². The van der Waals surface area contributed by atoms with Crippen molar-refractivity contribution in [3.8, 4) is 0 Å². The standard InChI is InChI=1S/C5H12O4.H2O5S2/c6-1-5(2-7,3-8)4-9;1-6(2)5-7(3)4/h6-9H,1-4H2;(H,1,2)(H,3,4). The lowest BCUT2D eigenvalue weighted by Crippen LogP contribution is -2.37. The van der Waals surface area contributed by atoms with Gasteiger partial charge in [-0.3, -0.25) is 9.11 Å². The summed E-state index contributed by atoms with van der Waals surface area (Å²) in [5.74, 6) is 0. The minimum Gasteiger partial charge on any atom is -0.396 e. The van der Waals surface area contributed by atoms with Crippen LogP contribution >= 0.6 is 0 Å². The lowest BCUT2D eigenvalue weighted by atomic mass is 9.93. The summed E-state index contributed by atoms with van der Waals surface area (Å²) in [5, 5.41) is 34.0. The van der Waals surface area contributed by atoms with Crippen molar-refractivity contribution in [2.24, 2.45) is 5.41 Å². The van der Waals surface area contributed by atoms with E-state index in [1.165, 1.54) is 0 Å². The normalized spacial score (nSPS) is 14.9. The van der Waals surface area contributed by atoms with Crippen molar-refractivity contribution >= 4 is 22.7 Å². The van der Waals surface area contributed by atoms with Gasteiger partial charge in [0.1, 0.15) is 0 Å². The summed E-state index contributed by atoms with van der Waals surface area (Å²) < 4.78 is 37.2. The molecule has 0 spiro atoms. The van der Waals surface area contributed by atoms with Gasteiger partial charge in [0.15, 0.2) is 0 Å². The van der Waals surface area contributed by atoms with Gasteiger partial charge in [-0.1, -0.05) is 0 Å². The molecule has 16 heavy (non-hydrogen) atoms. The van der Waals surface area contributed by atoms with E-state index in [1.807, 2.05) is 0 Å². The van der Waals surface area contributed by atoms with E-state index in [9.17, 15) is 8.42 Å². The highest BCUT2D eigenvalue weighted by atomic mass is 32.3. The summed E-state index contributed by atoms with van der Waals surface area (Å²) in [7, 11) is 0. The Bertz CT molecular complexity index is 186. The third-order valence-electron chi connectivity index (χ3n) is 1.46. The van der Waals surface area contributed by atoms with Crippen LogP contribution in [0.5, 0.6) is 0 Å². The number of hydrogen-bond acceptors (Lipinski definition) is 7. The molecular formula is C5H14O9S2. The Hall–Kier alpha value is 0.0200. The molecule has 0 amide bonds. The quantitative estimate of drug-likeness (QED) is 0.282. The predicted molar refractivity (Wildman–Crippen MR) is 53.4 cm³/mol. The SMILES string of the molecule is O=S(O)OS(=O)O.OCC(CO)(CO)CO. The first-order valence-electron chi connectivity index (χ1n) is 3.71. The molecule has 11 heteroatoms. The molecule has 9 nitrogen and oxygen atoms in total. The Morgan fingerprint density at radius 3 is 1.06 bits per heavy atom. The lowest BCUT2D eigenvalue weighted by Gasteiger charge is -2.23. The summed E-state index contributed by atoms with van der Waals surface area (Å²) in [5.41, 5.74) is -1.11. The average Bonchev–Trinajstić information content (AvgIpc) is 2.21. The van der Waals surface area contributed by atoms with Crippen molar-refractivity contribution in [1.82, 2.24) is 0 Å². The van der Waals surface area contributed by atoms with E-state index >= 15 is 0 Å². The first-order valence-corrected chi connectivity index (χ1v) is 5.77. The zero-order valence-corrected chi connectivity index (χ0v) is 9.69.